The average Bonchev–Trinajstić information content (AvgIpc) is 2.90. The molecule has 4 nitrogen and oxygen atoms in total. The first-order chi connectivity index (χ1) is 9.49. The van der Waals surface area contributed by atoms with Gasteiger partial charge in [-0.2, -0.15) is 0 Å². The molecule has 0 radical (unpaired) electrons. The summed E-state index contributed by atoms with van der Waals surface area (Å²) in [5, 5.41) is 13.7. The molecule has 1 aliphatic heterocycles. The van der Waals surface area contributed by atoms with Crippen molar-refractivity contribution in [3.05, 3.63) is 28.8 Å². The molecule has 5 heteroatoms. The minimum atomic E-state index is -0.172. The number of hydrogen-bond acceptors (Lipinski definition) is 3. The number of hydrogen-bond donors (Lipinski definition) is 2. The fraction of sp³-hybridized carbons (Fsp3) is 0.533. The minimum absolute atomic E-state index is 0.0237. The van der Waals surface area contributed by atoms with Gasteiger partial charge in [0.1, 0.15) is 5.75 Å². The number of carbonyl (C=O) groups excluding carboxylic acids is 1. The first-order valence-corrected chi connectivity index (χ1v) is 7.39. The zero-order valence-electron chi connectivity index (χ0n) is 11.9. The SMILES string of the molecule is CC(C)N(CC1CCCN1)C(=O)c1cc(Cl)ccc1O. The fourth-order valence-corrected chi connectivity index (χ4v) is 2.68. The van der Waals surface area contributed by atoms with Crippen molar-refractivity contribution in [2.24, 2.45) is 0 Å². The van der Waals surface area contributed by atoms with Gasteiger partial charge in [0, 0.05) is 23.7 Å². The average molecular weight is 297 g/mol. The van der Waals surface area contributed by atoms with Gasteiger partial charge in [-0.1, -0.05) is 11.6 Å². The summed E-state index contributed by atoms with van der Waals surface area (Å²) < 4.78 is 0. The molecule has 110 valence electrons. The molecule has 1 aromatic carbocycles. The van der Waals surface area contributed by atoms with Crippen LogP contribution in [0.15, 0.2) is 18.2 Å². The molecule has 0 saturated carbocycles. The van der Waals surface area contributed by atoms with E-state index < -0.39 is 0 Å². The molecule has 0 spiro atoms. The van der Waals surface area contributed by atoms with E-state index in [0.717, 1.165) is 19.4 Å². The maximum atomic E-state index is 12.6. The molecule has 1 heterocycles. The summed E-state index contributed by atoms with van der Waals surface area (Å²) in [6.07, 6.45) is 2.23. The number of halogens is 1. The standard InChI is InChI=1S/C15H21ClN2O2/c1-10(2)18(9-12-4-3-7-17-12)15(20)13-8-11(16)5-6-14(13)19/h5-6,8,10,12,17,19H,3-4,7,9H2,1-2H3. The molecule has 1 amide bonds. The second-order valence-corrected chi connectivity index (χ2v) is 5.94. The highest BCUT2D eigenvalue weighted by Crippen LogP contribution is 2.24. The number of phenols is 1. The van der Waals surface area contributed by atoms with Crippen LogP contribution in [0.1, 0.15) is 37.0 Å². The molecule has 1 atom stereocenters. The van der Waals surface area contributed by atoms with Crippen LogP contribution in [0.4, 0.5) is 0 Å². The summed E-state index contributed by atoms with van der Waals surface area (Å²) in [5.41, 5.74) is 0.268. The van der Waals surface area contributed by atoms with Gasteiger partial charge in [0.2, 0.25) is 0 Å². The third kappa shape index (κ3) is 3.44. The van der Waals surface area contributed by atoms with E-state index in [-0.39, 0.29) is 23.3 Å². The molecule has 0 aliphatic carbocycles. The second-order valence-electron chi connectivity index (χ2n) is 5.51. The van der Waals surface area contributed by atoms with Crippen LogP contribution in [0.3, 0.4) is 0 Å². The van der Waals surface area contributed by atoms with E-state index in [9.17, 15) is 9.90 Å². The number of aromatic hydroxyl groups is 1. The van der Waals surface area contributed by atoms with Gasteiger partial charge in [-0.25, -0.2) is 0 Å². The van der Waals surface area contributed by atoms with Crippen LogP contribution in [-0.2, 0) is 0 Å². The Morgan fingerprint density at radius 3 is 2.90 bits per heavy atom. The molecule has 20 heavy (non-hydrogen) atoms. The van der Waals surface area contributed by atoms with Crippen molar-refractivity contribution in [2.45, 2.75) is 38.8 Å². The number of amides is 1. The van der Waals surface area contributed by atoms with E-state index >= 15 is 0 Å². The molecule has 0 bridgehead atoms. The van der Waals surface area contributed by atoms with E-state index in [1.807, 2.05) is 13.8 Å². The molecule has 0 aromatic heterocycles. The molecular weight excluding hydrogens is 276 g/mol. The molecule has 1 fully saturated rings. The minimum Gasteiger partial charge on any atom is -0.507 e. The lowest BCUT2D eigenvalue weighted by Crippen LogP contribution is -2.44. The Bertz CT molecular complexity index is 485. The Labute approximate surface area is 124 Å². The van der Waals surface area contributed by atoms with Crippen molar-refractivity contribution in [1.82, 2.24) is 10.2 Å². The van der Waals surface area contributed by atoms with Gasteiger partial charge in [-0.3, -0.25) is 4.79 Å². The highest BCUT2D eigenvalue weighted by Gasteiger charge is 2.26. The van der Waals surface area contributed by atoms with Gasteiger partial charge >= 0.3 is 0 Å². The number of nitrogens with zero attached hydrogens (tertiary/aromatic N) is 1. The summed E-state index contributed by atoms with van der Waals surface area (Å²) in [5.74, 6) is -0.196. The molecule has 1 unspecified atom stereocenters. The van der Waals surface area contributed by atoms with E-state index in [2.05, 4.69) is 5.32 Å². The van der Waals surface area contributed by atoms with Gasteiger partial charge in [0.25, 0.3) is 5.91 Å². The maximum Gasteiger partial charge on any atom is 0.257 e. The van der Waals surface area contributed by atoms with Gasteiger partial charge in [-0.15, -0.1) is 0 Å². The quantitative estimate of drug-likeness (QED) is 0.898. The number of carbonyl (C=O) groups is 1. The van der Waals surface area contributed by atoms with Crippen LogP contribution in [0.5, 0.6) is 5.75 Å². The normalized spacial score (nSPS) is 18.5. The highest BCUT2D eigenvalue weighted by molar-refractivity contribution is 6.31. The molecule has 1 aromatic rings. The van der Waals surface area contributed by atoms with Gasteiger partial charge in [0.05, 0.1) is 5.56 Å². The number of nitrogens with one attached hydrogen (secondary N) is 1. The first kappa shape index (κ1) is 15.1. The third-order valence-electron chi connectivity index (χ3n) is 3.65. The molecule has 1 saturated heterocycles. The maximum absolute atomic E-state index is 12.6. The van der Waals surface area contributed by atoms with Crippen LogP contribution in [0, 0.1) is 0 Å². The summed E-state index contributed by atoms with van der Waals surface area (Å²) in [4.78, 5) is 14.4. The fourth-order valence-electron chi connectivity index (χ4n) is 2.51. The smallest absolute Gasteiger partial charge is 0.257 e. The number of phenolic OH excluding ortho intramolecular Hbond substituents is 1. The van der Waals surface area contributed by atoms with Crippen molar-refractivity contribution in [3.8, 4) is 5.75 Å². The van der Waals surface area contributed by atoms with E-state index in [1.54, 1.807) is 11.0 Å². The van der Waals surface area contributed by atoms with Gasteiger partial charge < -0.3 is 15.3 Å². The van der Waals surface area contributed by atoms with Crippen LogP contribution in [-0.4, -0.2) is 41.1 Å². The molecule has 2 rings (SSSR count). The molecular formula is C15H21ClN2O2. The topological polar surface area (TPSA) is 52.6 Å². The lowest BCUT2D eigenvalue weighted by molar-refractivity contribution is 0.0686. The zero-order valence-corrected chi connectivity index (χ0v) is 12.7. The molecule has 2 N–H and O–H groups in total. The second kappa shape index (κ2) is 6.46. The molecule has 1 aliphatic rings. The number of benzene rings is 1. The van der Waals surface area contributed by atoms with Crippen LogP contribution in [0.25, 0.3) is 0 Å². The summed E-state index contributed by atoms with van der Waals surface area (Å²) >= 11 is 5.92. The van der Waals surface area contributed by atoms with Crippen molar-refractivity contribution in [2.75, 3.05) is 13.1 Å². The third-order valence-corrected chi connectivity index (χ3v) is 3.89. The predicted octanol–water partition coefficient (Wildman–Crippen LogP) is 2.65. The van der Waals surface area contributed by atoms with Gasteiger partial charge in [0.15, 0.2) is 0 Å². The lowest BCUT2D eigenvalue weighted by atomic mass is 10.1. The summed E-state index contributed by atoms with van der Waals surface area (Å²) in [7, 11) is 0. The van der Waals surface area contributed by atoms with Crippen LogP contribution in [0.2, 0.25) is 5.02 Å². The van der Waals surface area contributed by atoms with Crippen molar-refractivity contribution in [1.29, 1.82) is 0 Å². The Morgan fingerprint density at radius 1 is 1.55 bits per heavy atom. The highest BCUT2D eigenvalue weighted by atomic mass is 35.5. The Balaban J connectivity index is 2.19. The Morgan fingerprint density at radius 2 is 2.30 bits per heavy atom. The van der Waals surface area contributed by atoms with E-state index in [1.165, 1.54) is 12.1 Å². The lowest BCUT2D eigenvalue weighted by Gasteiger charge is -2.30. The zero-order chi connectivity index (χ0) is 14.7. The van der Waals surface area contributed by atoms with Crippen molar-refractivity contribution < 1.29 is 9.90 Å². The van der Waals surface area contributed by atoms with Crippen molar-refractivity contribution >= 4 is 17.5 Å². The number of rotatable bonds is 4. The summed E-state index contributed by atoms with van der Waals surface area (Å²) in [6, 6.07) is 4.97. The predicted molar refractivity (Wildman–Crippen MR) is 80.3 cm³/mol. The first-order valence-electron chi connectivity index (χ1n) is 7.02. The largest absolute Gasteiger partial charge is 0.507 e. The van der Waals surface area contributed by atoms with E-state index in [0.29, 0.717) is 17.6 Å². The van der Waals surface area contributed by atoms with Crippen LogP contribution >= 0.6 is 11.6 Å². The van der Waals surface area contributed by atoms with Crippen LogP contribution < -0.4 is 5.32 Å². The Kier molecular flexibility index (Phi) is 4.89. The summed E-state index contributed by atoms with van der Waals surface area (Å²) in [6.45, 7) is 5.62. The Hall–Kier alpha value is -1.26. The monoisotopic (exact) mass is 296 g/mol. The van der Waals surface area contributed by atoms with Crippen molar-refractivity contribution in [3.63, 3.8) is 0 Å². The van der Waals surface area contributed by atoms with Gasteiger partial charge in [-0.05, 0) is 51.4 Å². The van der Waals surface area contributed by atoms with E-state index in [4.69, 9.17) is 11.6 Å².